The molecule has 162 valence electrons. The van der Waals surface area contributed by atoms with E-state index < -0.39 is 10.0 Å². The number of nitrogens with zero attached hydrogens (tertiary/aromatic N) is 2. The zero-order valence-electron chi connectivity index (χ0n) is 18.0. The largest absolute Gasteiger partial charge is 0.497 e. The molecule has 0 aliphatic heterocycles. The third-order valence-corrected chi connectivity index (χ3v) is 6.65. The number of nitrogens with one attached hydrogen (secondary N) is 1. The standard InChI is InChI=1S/C23H31N3O3S/c1-4-6-14-24-30(27,28)20-12-13-22-21(17-20)25-23(26(22)15-7-5-2)16-18-8-10-19(29-3)11-9-18/h8-13,17,24H,4-7,14-16H2,1-3H3. The first kappa shape index (κ1) is 22.3. The summed E-state index contributed by atoms with van der Waals surface area (Å²) in [6.45, 7) is 5.51. The minimum Gasteiger partial charge on any atom is -0.497 e. The van der Waals surface area contributed by atoms with Crippen LogP contribution < -0.4 is 9.46 Å². The van der Waals surface area contributed by atoms with Gasteiger partial charge in [0.15, 0.2) is 0 Å². The molecule has 1 aromatic heterocycles. The van der Waals surface area contributed by atoms with Crippen molar-refractivity contribution in [3.05, 3.63) is 53.9 Å². The molecule has 3 aromatic rings. The fourth-order valence-corrected chi connectivity index (χ4v) is 4.51. The Morgan fingerprint density at radius 2 is 1.77 bits per heavy atom. The van der Waals surface area contributed by atoms with Gasteiger partial charge in [-0.2, -0.15) is 0 Å². The van der Waals surface area contributed by atoms with Crippen molar-refractivity contribution in [2.24, 2.45) is 0 Å². The molecule has 0 radical (unpaired) electrons. The lowest BCUT2D eigenvalue weighted by Crippen LogP contribution is -2.24. The van der Waals surface area contributed by atoms with E-state index in [4.69, 9.17) is 9.72 Å². The van der Waals surface area contributed by atoms with Gasteiger partial charge in [-0.1, -0.05) is 38.8 Å². The number of rotatable bonds is 11. The minimum absolute atomic E-state index is 0.266. The second kappa shape index (κ2) is 10.1. The molecule has 0 aliphatic carbocycles. The average Bonchev–Trinajstić information content (AvgIpc) is 3.09. The monoisotopic (exact) mass is 429 g/mol. The number of hydrogen-bond acceptors (Lipinski definition) is 4. The van der Waals surface area contributed by atoms with Crippen molar-refractivity contribution >= 4 is 21.1 Å². The lowest BCUT2D eigenvalue weighted by atomic mass is 10.1. The Balaban J connectivity index is 1.95. The molecule has 0 fully saturated rings. The topological polar surface area (TPSA) is 73.2 Å². The molecule has 0 amide bonds. The van der Waals surface area contributed by atoms with E-state index in [1.165, 1.54) is 0 Å². The van der Waals surface area contributed by atoms with Crippen LogP contribution in [0.5, 0.6) is 5.75 Å². The summed E-state index contributed by atoms with van der Waals surface area (Å²) in [5, 5.41) is 0. The molecule has 0 bridgehead atoms. The quantitative estimate of drug-likeness (QED) is 0.455. The van der Waals surface area contributed by atoms with Gasteiger partial charge in [-0.15, -0.1) is 0 Å². The third-order valence-electron chi connectivity index (χ3n) is 5.19. The summed E-state index contributed by atoms with van der Waals surface area (Å²) in [5.41, 5.74) is 2.82. The van der Waals surface area contributed by atoms with Crippen LogP contribution in [0.1, 0.15) is 50.9 Å². The van der Waals surface area contributed by atoms with Gasteiger partial charge in [-0.25, -0.2) is 18.1 Å². The molecular weight excluding hydrogens is 398 g/mol. The molecule has 6 nitrogen and oxygen atoms in total. The van der Waals surface area contributed by atoms with Gasteiger partial charge < -0.3 is 9.30 Å². The number of sulfonamides is 1. The number of imidazole rings is 1. The van der Waals surface area contributed by atoms with Gasteiger partial charge in [0.25, 0.3) is 0 Å². The fraction of sp³-hybridized carbons (Fsp3) is 0.435. The van der Waals surface area contributed by atoms with Crippen LogP contribution in [0.2, 0.25) is 0 Å². The summed E-state index contributed by atoms with van der Waals surface area (Å²) in [6, 6.07) is 13.2. The first-order chi connectivity index (χ1) is 14.5. The molecule has 2 aromatic carbocycles. The van der Waals surface area contributed by atoms with Crippen LogP contribution in [0, 0.1) is 0 Å². The van der Waals surface area contributed by atoms with E-state index in [0.717, 1.165) is 54.9 Å². The van der Waals surface area contributed by atoms with Gasteiger partial charge in [0, 0.05) is 19.5 Å². The number of unbranched alkanes of at least 4 members (excludes halogenated alkanes) is 2. The number of methoxy groups -OCH3 is 1. The van der Waals surface area contributed by atoms with Crippen LogP contribution >= 0.6 is 0 Å². The maximum atomic E-state index is 12.6. The summed E-state index contributed by atoms with van der Waals surface area (Å²) in [7, 11) is -1.87. The van der Waals surface area contributed by atoms with Crippen LogP contribution in [-0.4, -0.2) is 31.6 Å². The molecule has 1 heterocycles. The second-order valence-electron chi connectivity index (χ2n) is 7.46. The highest BCUT2D eigenvalue weighted by Crippen LogP contribution is 2.23. The Morgan fingerprint density at radius 3 is 2.43 bits per heavy atom. The van der Waals surface area contributed by atoms with Crippen LogP contribution in [0.3, 0.4) is 0 Å². The predicted octanol–water partition coefficient (Wildman–Crippen LogP) is 4.51. The van der Waals surface area contributed by atoms with E-state index in [2.05, 4.69) is 16.2 Å². The normalized spacial score (nSPS) is 11.8. The Hall–Kier alpha value is -2.38. The van der Waals surface area contributed by atoms with Gasteiger partial charge in [0.1, 0.15) is 11.6 Å². The number of aryl methyl sites for hydroxylation is 1. The van der Waals surface area contributed by atoms with Crippen molar-refractivity contribution in [1.29, 1.82) is 0 Å². The zero-order chi connectivity index (χ0) is 21.6. The number of hydrogen-bond donors (Lipinski definition) is 1. The van der Waals surface area contributed by atoms with Crippen molar-refractivity contribution in [1.82, 2.24) is 14.3 Å². The molecule has 3 rings (SSSR count). The van der Waals surface area contributed by atoms with Crippen molar-refractivity contribution in [3.63, 3.8) is 0 Å². The lowest BCUT2D eigenvalue weighted by molar-refractivity contribution is 0.414. The lowest BCUT2D eigenvalue weighted by Gasteiger charge is -2.10. The zero-order valence-corrected chi connectivity index (χ0v) is 18.8. The van der Waals surface area contributed by atoms with Crippen LogP contribution in [0.4, 0.5) is 0 Å². The Kier molecular flexibility index (Phi) is 7.50. The van der Waals surface area contributed by atoms with Crippen LogP contribution in [-0.2, 0) is 23.0 Å². The Bertz CT molecular complexity index is 1070. The molecule has 0 saturated heterocycles. The average molecular weight is 430 g/mol. The highest BCUT2D eigenvalue weighted by Gasteiger charge is 2.17. The summed E-state index contributed by atoms with van der Waals surface area (Å²) >= 11 is 0. The van der Waals surface area contributed by atoms with Crippen LogP contribution in [0.15, 0.2) is 47.4 Å². The molecule has 7 heteroatoms. The Labute approximate surface area is 179 Å². The molecule has 0 saturated carbocycles. The summed E-state index contributed by atoms with van der Waals surface area (Å²) in [4.78, 5) is 5.08. The molecule has 1 N–H and O–H groups in total. The van der Waals surface area contributed by atoms with E-state index in [1.807, 2.05) is 37.3 Å². The van der Waals surface area contributed by atoms with Gasteiger partial charge in [0.2, 0.25) is 10.0 Å². The van der Waals surface area contributed by atoms with Gasteiger partial charge in [-0.05, 0) is 48.7 Å². The summed E-state index contributed by atoms with van der Waals surface area (Å²) < 4.78 is 35.3. The summed E-state index contributed by atoms with van der Waals surface area (Å²) in [6.07, 6.45) is 4.56. The van der Waals surface area contributed by atoms with E-state index >= 15 is 0 Å². The number of aromatic nitrogens is 2. The molecule has 0 aliphatic rings. The summed E-state index contributed by atoms with van der Waals surface area (Å²) in [5.74, 6) is 1.76. The van der Waals surface area contributed by atoms with Crippen molar-refractivity contribution in [2.75, 3.05) is 13.7 Å². The molecule has 30 heavy (non-hydrogen) atoms. The molecule has 0 unspecified atom stereocenters. The van der Waals surface area contributed by atoms with E-state index in [1.54, 1.807) is 19.2 Å². The third kappa shape index (κ3) is 5.21. The van der Waals surface area contributed by atoms with Gasteiger partial charge in [-0.3, -0.25) is 0 Å². The van der Waals surface area contributed by atoms with E-state index in [9.17, 15) is 8.42 Å². The fourth-order valence-electron chi connectivity index (χ4n) is 3.42. The molecule has 0 atom stereocenters. The molecule has 0 spiro atoms. The number of ether oxygens (including phenoxy) is 1. The predicted molar refractivity (Wildman–Crippen MR) is 121 cm³/mol. The van der Waals surface area contributed by atoms with Gasteiger partial charge in [0.05, 0.1) is 23.0 Å². The van der Waals surface area contributed by atoms with E-state index in [0.29, 0.717) is 18.5 Å². The maximum absolute atomic E-state index is 12.6. The first-order valence-electron chi connectivity index (χ1n) is 10.6. The second-order valence-corrected chi connectivity index (χ2v) is 9.23. The number of benzene rings is 2. The maximum Gasteiger partial charge on any atom is 0.240 e. The first-order valence-corrected chi connectivity index (χ1v) is 12.1. The highest BCUT2D eigenvalue weighted by atomic mass is 32.2. The Morgan fingerprint density at radius 1 is 1.03 bits per heavy atom. The van der Waals surface area contributed by atoms with Crippen molar-refractivity contribution in [3.8, 4) is 5.75 Å². The van der Waals surface area contributed by atoms with Gasteiger partial charge >= 0.3 is 0 Å². The molecular formula is C23H31N3O3S. The van der Waals surface area contributed by atoms with Crippen LogP contribution in [0.25, 0.3) is 11.0 Å². The van der Waals surface area contributed by atoms with E-state index in [-0.39, 0.29) is 4.90 Å². The highest BCUT2D eigenvalue weighted by molar-refractivity contribution is 7.89. The smallest absolute Gasteiger partial charge is 0.240 e. The SMILES string of the molecule is CCCCNS(=O)(=O)c1ccc2c(c1)nc(Cc1ccc(OC)cc1)n2CCCC. The number of fused-ring (bicyclic) bond motifs is 1. The van der Waals surface area contributed by atoms with Crippen molar-refractivity contribution < 1.29 is 13.2 Å². The van der Waals surface area contributed by atoms with Crippen molar-refractivity contribution in [2.45, 2.75) is 57.4 Å². The minimum atomic E-state index is -3.52.